The van der Waals surface area contributed by atoms with E-state index in [1.807, 2.05) is 0 Å². The first kappa shape index (κ1) is 12.0. The number of nitrogens with two attached hydrogens (primary N) is 1. The second kappa shape index (κ2) is 4.79. The highest BCUT2D eigenvalue weighted by atomic mass is 19.1. The first-order valence-corrected chi connectivity index (χ1v) is 5.29. The van der Waals surface area contributed by atoms with Crippen LogP contribution < -0.4 is 5.73 Å². The fourth-order valence-electron chi connectivity index (χ4n) is 1.84. The lowest BCUT2D eigenvalue weighted by Gasteiger charge is -2.10. The molecule has 2 aromatic rings. The number of primary amides is 1. The third kappa shape index (κ3) is 2.13. The molecule has 0 radical (unpaired) electrons. The molecule has 0 bridgehead atoms. The molecule has 0 atom stereocenters. The normalized spacial score (nSPS) is 10.1. The van der Waals surface area contributed by atoms with Crippen LogP contribution in [0.5, 0.6) is 0 Å². The monoisotopic (exact) mass is 243 g/mol. The largest absolute Gasteiger partial charge is 0.366 e. The number of carbonyl (C=O) groups is 2. The number of hydrogen-bond acceptors (Lipinski definition) is 2. The van der Waals surface area contributed by atoms with E-state index in [1.165, 1.54) is 18.2 Å². The molecule has 0 heterocycles. The van der Waals surface area contributed by atoms with Gasteiger partial charge in [0.05, 0.1) is 5.56 Å². The second-order valence-corrected chi connectivity index (χ2v) is 3.73. The number of benzene rings is 2. The molecule has 3 nitrogen and oxygen atoms in total. The van der Waals surface area contributed by atoms with Gasteiger partial charge in [0.1, 0.15) is 0 Å². The molecule has 2 rings (SSSR count). The van der Waals surface area contributed by atoms with Crippen molar-refractivity contribution in [1.29, 1.82) is 0 Å². The topological polar surface area (TPSA) is 60.2 Å². The second-order valence-electron chi connectivity index (χ2n) is 3.73. The van der Waals surface area contributed by atoms with E-state index in [1.54, 1.807) is 30.3 Å². The van der Waals surface area contributed by atoms with Crippen LogP contribution in [0.15, 0.2) is 48.5 Å². The number of halogens is 1. The quantitative estimate of drug-likeness (QED) is 0.842. The van der Waals surface area contributed by atoms with Crippen molar-refractivity contribution in [3.63, 3.8) is 0 Å². The minimum Gasteiger partial charge on any atom is -0.366 e. The van der Waals surface area contributed by atoms with Crippen LogP contribution in [-0.4, -0.2) is 11.9 Å². The highest BCUT2D eigenvalue weighted by Crippen LogP contribution is 2.28. The summed E-state index contributed by atoms with van der Waals surface area (Å²) >= 11 is 0. The fourth-order valence-corrected chi connectivity index (χ4v) is 1.84. The Labute approximate surface area is 103 Å². The Hall–Kier alpha value is -2.49. The van der Waals surface area contributed by atoms with E-state index in [0.717, 1.165) is 0 Å². The SMILES string of the molecule is NC(=O)c1cccc(C(=O)F)c1-c1ccccc1. The van der Waals surface area contributed by atoms with E-state index in [2.05, 4.69) is 0 Å². The standard InChI is InChI=1S/C14H10FNO2/c15-13(17)10-7-4-8-11(14(16)18)12(10)9-5-2-1-3-6-9/h1-8H,(H2,16,18). The molecule has 0 aliphatic heterocycles. The molecular formula is C14H10FNO2. The maximum atomic E-state index is 13.0. The van der Waals surface area contributed by atoms with Gasteiger partial charge in [-0.3, -0.25) is 9.59 Å². The highest BCUT2D eigenvalue weighted by Gasteiger charge is 2.18. The van der Waals surface area contributed by atoms with Crippen molar-refractivity contribution in [2.75, 3.05) is 0 Å². The molecular weight excluding hydrogens is 233 g/mol. The molecule has 0 saturated carbocycles. The molecule has 18 heavy (non-hydrogen) atoms. The van der Waals surface area contributed by atoms with Crippen LogP contribution >= 0.6 is 0 Å². The van der Waals surface area contributed by atoms with Crippen molar-refractivity contribution in [2.24, 2.45) is 5.73 Å². The van der Waals surface area contributed by atoms with Crippen LogP contribution in [0.1, 0.15) is 20.7 Å². The van der Waals surface area contributed by atoms with Crippen molar-refractivity contribution in [3.8, 4) is 11.1 Å². The molecule has 0 fully saturated rings. The zero-order chi connectivity index (χ0) is 13.1. The molecule has 90 valence electrons. The van der Waals surface area contributed by atoms with Gasteiger partial charge in [-0.15, -0.1) is 0 Å². The summed E-state index contributed by atoms with van der Waals surface area (Å²) in [5.74, 6) is -0.697. The van der Waals surface area contributed by atoms with Crippen LogP contribution in [0.3, 0.4) is 0 Å². The van der Waals surface area contributed by atoms with Crippen LogP contribution in [-0.2, 0) is 0 Å². The number of rotatable bonds is 3. The van der Waals surface area contributed by atoms with Gasteiger partial charge >= 0.3 is 6.04 Å². The van der Waals surface area contributed by atoms with Gasteiger partial charge in [0.25, 0.3) is 0 Å². The number of hydrogen-bond donors (Lipinski definition) is 1. The summed E-state index contributed by atoms with van der Waals surface area (Å²) in [6, 6.07) is 11.3. The summed E-state index contributed by atoms with van der Waals surface area (Å²) < 4.78 is 13.0. The van der Waals surface area contributed by atoms with Gasteiger partial charge in [-0.1, -0.05) is 36.4 Å². The lowest BCUT2D eigenvalue weighted by atomic mass is 9.94. The average molecular weight is 243 g/mol. The van der Waals surface area contributed by atoms with Crippen molar-refractivity contribution in [1.82, 2.24) is 0 Å². The Bertz CT molecular complexity index is 576. The highest BCUT2D eigenvalue weighted by molar-refractivity contribution is 6.06. The van der Waals surface area contributed by atoms with Crippen LogP contribution in [0.25, 0.3) is 11.1 Å². The zero-order valence-electron chi connectivity index (χ0n) is 9.39. The van der Waals surface area contributed by atoms with E-state index < -0.39 is 11.9 Å². The maximum Gasteiger partial charge on any atom is 0.332 e. The van der Waals surface area contributed by atoms with Crippen molar-refractivity contribution < 1.29 is 14.0 Å². The summed E-state index contributed by atoms with van der Waals surface area (Å²) in [4.78, 5) is 22.4. The van der Waals surface area contributed by atoms with Gasteiger partial charge in [-0.05, 0) is 17.7 Å². The van der Waals surface area contributed by atoms with Crippen LogP contribution in [0, 0.1) is 0 Å². The Kier molecular flexibility index (Phi) is 3.19. The summed E-state index contributed by atoms with van der Waals surface area (Å²) in [6.07, 6.45) is 0. The molecule has 0 aliphatic carbocycles. The van der Waals surface area contributed by atoms with Gasteiger partial charge in [0, 0.05) is 11.1 Å². The summed E-state index contributed by atoms with van der Waals surface area (Å²) in [5.41, 5.74) is 6.03. The van der Waals surface area contributed by atoms with Gasteiger partial charge in [-0.2, -0.15) is 4.39 Å². The molecule has 0 unspecified atom stereocenters. The lowest BCUT2D eigenvalue weighted by Crippen LogP contribution is -2.14. The average Bonchev–Trinajstić information content (AvgIpc) is 2.38. The smallest absolute Gasteiger partial charge is 0.332 e. The molecule has 0 spiro atoms. The van der Waals surface area contributed by atoms with Gasteiger partial charge in [0.2, 0.25) is 5.91 Å². The fraction of sp³-hybridized carbons (Fsp3) is 0. The minimum absolute atomic E-state index is 0.129. The molecule has 0 saturated heterocycles. The molecule has 2 aromatic carbocycles. The Morgan fingerprint density at radius 1 is 0.889 bits per heavy atom. The lowest BCUT2D eigenvalue weighted by molar-refractivity contribution is 0.0836. The Morgan fingerprint density at radius 3 is 2.06 bits per heavy atom. The van der Waals surface area contributed by atoms with Gasteiger partial charge < -0.3 is 5.73 Å². The van der Waals surface area contributed by atoms with Crippen LogP contribution in [0.2, 0.25) is 0 Å². The van der Waals surface area contributed by atoms with E-state index in [0.29, 0.717) is 5.56 Å². The molecule has 4 heteroatoms. The third-order valence-corrected chi connectivity index (χ3v) is 2.60. The maximum absolute atomic E-state index is 13.0. The van der Waals surface area contributed by atoms with E-state index >= 15 is 0 Å². The van der Waals surface area contributed by atoms with E-state index in [4.69, 9.17) is 5.73 Å². The zero-order valence-corrected chi connectivity index (χ0v) is 9.39. The Balaban J connectivity index is 2.77. The van der Waals surface area contributed by atoms with E-state index in [-0.39, 0.29) is 16.7 Å². The third-order valence-electron chi connectivity index (χ3n) is 2.60. The van der Waals surface area contributed by atoms with Crippen molar-refractivity contribution in [2.45, 2.75) is 0 Å². The van der Waals surface area contributed by atoms with Crippen LogP contribution in [0.4, 0.5) is 4.39 Å². The summed E-state index contributed by atoms with van der Waals surface area (Å²) in [5, 5.41) is 0. The molecule has 2 N–H and O–H groups in total. The predicted molar refractivity (Wildman–Crippen MR) is 65.8 cm³/mol. The molecule has 0 aromatic heterocycles. The van der Waals surface area contributed by atoms with Gasteiger partial charge in [-0.25, -0.2) is 0 Å². The van der Waals surface area contributed by atoms with E-state index in [9.17, 15) is 14.0 Å². The predicted octanol–water partition coefficient (Wildman–Crippen LogP) is 2.56. The summed E-state index contributed by atoms with van der Waals surface area (Å²) in [6.45, 7) is 0. The number of carbonyl (C=O) groups excluding carboxylic acids is 2. The molecule has 1 amide bonds. The summed E-state index contributed by atoms with van der Waals surface area (Å²) in [7, 11) is 0. The Morgan fingerprint density at radius 2 is 1.50 bits per heavy atom. The first-order chi connectivity index (χ1) is 8.61. The number of amides is 1. The minimum atomic E-state index is -1.59. The van der Waals surface area contributed by atoms with Gasteiger partial charge in [0.15, 0.2) is 0 Å². The van der Waals surface area contributed by atoms with Crippen molar-refractivity contribution >= 4 is 11.9 Å². The molecule has 0 aliphatic rings. The van der Waals surface area contributed by atoms with Crippen molar-refractivity contribution in [3.05, 3.63) is 59.7 Å². The first-order valence-electron chi connectivity index (χ1n) is 5.29.